The van der Waals surface area contributed by atoms with E-state index in [0.717, 1.165) is 16.3 Å². The molecule has 2 aromatic heterocycles. The average Bonchev–Trinajstić information content (AvgIpc) is 2.61. The van der Waals surface area contributed by atoms with Gasteiger partial charge < -0.3 is 9.51 Å². The van der Waals surface area contributed by atoms with E-state index in [9.17, 15) is 9.59 Å². The van der Waals surface area contributed by atoms with Crippen LogP contribution in [0.25, 0.3) is 27.3 Å². The molecule has 6 heteroatoms. The minimum atomic E-state index is -0.125. The third kappa shape index (κ3) is 4.48. The standard InChI is InChI=1S/C16H9N2O.C5H8O2.Ir/c19-16-13-7-3-4-8-14(13)17-15-12-6-2-1-5-11(12)9-10-18(15)16;1-4(6)3-5(2)7;/h1-5,7-10H;3,6H,1-2H3;/q-1;;. The summed E-state index contributed by atoms with van der Waals surface area (Å²) < 4.78 is 1.58. The summed E-state index contributed by atoms with van der Waals surface area (Å²) in [5.41, 5.74) is 1.33. The summed E-state index contributed by atoms with van der Waals surface area (Å²) in [5.74, 6) is -0.0625. The number of aromatic nitrogens is 2. The maximum absolute atomic E-state index is 12.4. The second kappa shape index (κ2) is 8.71. The van der Waals surface area contributed by atoms with E-state index in [0.29, 0.717) is 11.0 Å². The molecule has 139 valence electrons. The molecule has 0 bridgehead atoms. The summed E-state index contributed by atoms with van der Waals surface area (Å²) >= 11 is 0. The molecule has 0 aliphatic heterocycles. The summed E-state index contributed by atoms with van der Waals surface area (Å²) in [6, 6.07) is 18.2. The number of rotatable bonds is 1. The van der Waals surface area contributed by atoms with E-state index in [4.69, 9.17) is 5.11 Å². The molecule has 0 spiro atoms. The SMILES string of the molecule is CC(=O)C=C(C)O.O=c1c2ccccc2nc2c3[c-]cccc3ccn12.[Ir]. The Morgan fingerprint density at radius 1 is 1.15 bits per heavy atom. The minimum absolute atomic E-state index is 0. The topological polar surface area (TPSA) is 71.7 Å². The molecule has 0 saturated carbocycles. The van der Waals surface area contributed by atoms with E-state index in [1.54, 1.807) is 16.7 Å². The van der Waals surface area contributed by atoms with Gasteiger partial charge in [-0.1, -0.05) is 18.2 Å². The van der Waals surface area contributed by atoms with Gasteiger partial charge in [0.2, 0.25) is 0 Å². The molecule has 0 aliphatic rings. The van der Waals surface area contributed by atoms with Gasteiger partial charge in [0.05, 0.1) is 22.3 Å². The monoisotopic (exact) mass is 538 g/mol. The van der Waals surface area contributed by atoms with E-state index in [1.807, 2.05) is 42.5 Å². The largest absolute Gasteiger partial charge is 0.512 e. The fraction of sp³-hybridized carbons (Fsp3) is 0.0952. The van der Waals surface area contributed by atoms with E-state index in [1.165, 1.54) is 19.9 Å². The van der Waals surface area contributed by atoms with Crippen LogP contribution in [-0.4, -0.2) is 20.3 Å². The first-order valence-corrected chi connectivity index (χ1v) is 8.06. The normalized spacial score (nSPS) is 11.0. The van der Waals surface area contributed by atoms with Crippen LogP contribution in [0.15, 0.2) is 71.4 Å². The zero-order chi connectivity index (χ0) is 18.7. The van der Waals surface area contributed by atoms with Crippen LogP contribution in [0.1, 0.15) is 13.8 Å². The Morgan fingerprint density at radius 2 is 1.89 bits per heavy atom. The Morgan fingerprint density at radius 3 is 2.56 bits per heavy atom. The first-order chi connectivity index (χ1) is 12.5. The van der Waals surface area contributed by atoms with Crippen LogP contribution in [0, 0.1) is 6.07 Å². The molecule has 5 nitrogen and oxygen atoms in total. The molecule has 1 N–H and O–H groups in total. The van der Waals surface area contributed by atoms with Crippen LogP contribution >= 0.6 is 0 Å². The summed E-state index contributed by atoms with van der Waals surface area (Å²) in [6.45, 7) is 2.85. The average molecular weight is 538 g/mol. The van der Waals surface area contributed by atoms with Crippen LogP contribution in [0.3, 0.4) is 0 Å². The molecule has 0 amide bonds. The van der Waals surface area contributed by atoms with Crippen molar-refractivity contribution in [2.45, 2.75) is 13.8 Å². The second-order valence-corrected chi connectivity index (χ2v) is 5.84. The zero-order valence-corrected chi connectivity index (χ0v) is 17.2. The Hall–Kier alpha value is -2.82. The first kappa shape index (κ1) is 20.5. The Balaban J connectivity index is 0.000000285. The third-order valence-electron chi connectivity index (χ3n) is 3.74. The fourth-order valence-electron chi connectivity index (χ4n) is 2.69. The molecular weight excluding hydrogens is 520 g/mol. The summed E-state index contributed by atoms with van der Waals surface area (Å²) in [4.78, 5) is 27.1. The van der Waals surface area contributed by atoms with E-state index < -0.39 is 0 Å². The molecule has 0 unspecified atom stereocenters. The van der Waals surface area contributed by atoms with Gasteiger partial charge in [0.1, 0.15) is 0 Å². The summed E-state index contributed by atoms with van der Waals surface area (Å²) in [5, 5.41) is 10.9. The van der Waals surface area contributed by atoms with Crippen LogP contribution in [-0.2, 0) is 24.9 Å². The van der Waals surface area contributed by atoms with Gasteiger partial charge in [-0.2, -0.15) is 0 Å². The number of fused-ring (bicyclic) bond motifs is 4. The Kier molecular flexibility index (Phi) is 6.61. The predicted molar refractivity (Wildman–Crippen MR) is 102 cm³/mol. The number of allylic oxidation sites excluding steroid dienone is 2. The third-order valence-corrected chi connectivity index (χ3v) is 3.74. The van der Waals surface area contributed by atoms with Crippen molar-refractivity contribution >= 4 is 33.1 Å². The van der Waals surface area contributed by atoms with E-state index >= 15 is 0 Å². The van der Waals surface area contributed by atoms with Crippen molar-refractivity contribution in [2.75, 3.05) is 0 Å². The van der Waals surface area contributed by atoms with Gasteiger partial charge in [0.15, 0.2) is 5.78 Å². The predicted octanol–water partition coefficient (Wildman–Crippen LogP) is 3.84. The molecular formula is C21H17IrN2O3-. The molecule has 2 aromatic carbocycles. The smallest absolute Gasteiger partial charge is 0.257 e. The molecule has 0 aliphatic carbocycles. The number of carbonyl (C=O) groups is 1. The fourth-order valence-corrected chi connectivity index (χ4v) is 2.69. The van der Waals surface area contributed by atoms with Crippen molar-refractivity contribution in [1.82, 2.24) is 9.38 Å². The number of carbonyl (C=O) groups excluding carboxylic acids is 1. The molecule has 0 fully saturated rings. The zero-order valence-electron chi connectivity index (χ0n) is 14.8. The number of pyridine rings is 1. The van der Waals surface area contributed by atoms with Crippen molar-refractivity contribution in [2.24, 2.45) is 0 Å². The van der Waals surface area contributed by atoms with Crippen LogP contribution in [0.5, 0.6) is 0 Å². The van der Waals surface area contributed by atoms with Gasteiger partial charge >= 0.3 is 0 Å². The first-order valence-electron chi connectivity index (χ1n) is 8.06. The molecule has 0 saturated heterocycles. The Bertz CT molecular complexity index is 1210. The minimum Gasteiger partial charge on any atom is -0.512 e. The second-order valence-electron chi connectivity index (χ2n) is 5.84. The summed E-state index contributed by atoms with van der Waals surface area (Å²) in [6.07, 6.45) is 2.94. The number of ketones is 1. The number of para-hydroxylation sites is 1. The van der Waals surface area contributed by atoms with Gasteiger partial charge in [0, 0.05) is 26.2 Å². The van der Waals surface area contributed by atoms with E-state index in [-0.39, 0.29) is 37.2 Å². The van der Waals surface area contributed by atoms with Crippen molar-refractivity contribution in [1.29, 1.82) is 0 Å². The molecule has 0 atom stereocenters. The maximum atomic E-state index is 12.4. The number of benzene rings is 2. The van der Waals surface area contributed by atoms with Crippen molar-refractivity contribution in [3.63, 3.8) is 0 Å². The number of hydrogen-bond acceptors (Lipinski definition) is 4. The number of aliphatic hydroxyl groups is 1. The van der Waals surface area contributed by atoms with Crippen molar-refractivity contribution in [3.8, 4) is 0 Å². The van der Waals surface area contributed by atoms with E-state index in [2.05, 4.69) is 11.1 Å². The molecule has 2 heterocycles. The Labute approximate surface area is 169 Å². The molecule has 4 aromatic rings. The van der Waals surface area contributed by atoms with Gasteiger partial charge in [-0.25, -0.2) is 0 Å². The van der Waals surface area contributed by atoms with Gasteiger partial charge in [-0.05, 0) is 32.2 Å². The van der Waals surface area contributed by atoms with Crippen molar-refractivity contribution in [3.05, 3.63) is 83.0 Å². The van der Waals surface area contributed by atoms with Crippen LogP contribution < -0.4 is 5.56 Å². The van der Waals surface area contributed by atoms with Gasteiger partial charge in [-0.3, -0.25) is 14.6 Å². The van der Waals surface area contributed by atoms with Crippen LogP contribution in [0.4, 0.5) is 0 Å². The van der Waals surface area contributed by atoms with Gasteiger partial charge in [0.25, 0.3) is 5.56 Å². The number of hydrogen-bond donors (Lipinski definition) is 1. The molecule has 1 radical (unpaired) electrons. The van der Waals surface area contributed by atoms with Gasteiger partial charge in [-0.15, -0.1) is 35.0 Å². The molecule has 27 heavy (non-hydrogen) atoms. The van der Waals surface area contributed by atoms with Crippen LogP contribution in [0.2, 0.25) is 0 Å². The number of aliphatic hydroxyl groups excluding tert-OH is 1. The number of nitrogens with zero attached hydrogens (tertiary/aromatic N) is 2. The molecule has 4 rings (SSSR count). The maximum Gasteiger partial charge on any atom is 0.257 e. The van der Waals surface area contributed by atoms with Crippen molar-refractivity contribution < 1.29 is 30.0 Å². The quantitative estimate of drug-likeness (QED) is 0.132. The summed E-state index contributed by atoms with van der Waals surface area (Å²) in [7, 11) is 0.